The van der Waals surface area contributed by atoms with E-state index in [9.17, 15) is 4.79 Å². The molecule has 0 saturated heterocycles. The first-order valence-corrected chi connectivity index (χ1v) is 5.33. The lowest BCUT2D eigenvalue weighted by atomic mass is 10.1. The lowest BCUT2D eigenvalue weighted by Crippen LogP contribution is -2.18. The van der Waals surface area contributed by atoms with E-state index < -0.39 is 0 Å². The lowest BCUT2D eigenvalue weighted by molar-refractivity contribution is -0.110. The van der Waals surface area contributed by atoms with Crippen molar-refractivity contribution in [3.05, 3.63) is 36.2 Å². The van der Waals surface area contributed by atoms with Gasteiger partial charge in [0.15, 0.2) is 5.16 Å². The van der Waals surface area contributed by atoms with Gasteiger partial charge in [0.25, 0.3) is 0 Å². The Morgan fingerprint density at radius 1 is 1.40 bits per heavy atom. The Bertz CT molecular complexity index is 523. The molecule has 0 spiro atoms. The van der Waals surface area contributed by atoms with Crippen molar-refractivity contribution in [2.45, 2.75) is 16.1 Å². The van der Waals surface area contributed by atoms with Crippen LogP contribution in [0.1, 0.15) is 11.6 Å². The molecule has 0 aliphatic carbocycles. The maximum absolute atomic E-state index is 11.1. The topological polar surface area (TPSA) is 47.8 Å². The highest BCUT2D eigenvalue weighted by Gasteiger charge is 2.26. The van der Waals surface area contributed by atoms with Gasteiger partial charge in [-0.2, -0.15) is 5.10 Å². The van der Waals surface area contributed by atoms with Gasteiger partial charge in [-0.05, 0) is 23.4 Å². The van der Waals surface area contributed by atoms with Crippen molar-refractivity contribution in [2.24, 2.45) is 0 Å². The van der Waals surface area contributed by atoms with Crippen molar-refractivity contribution in [3.63, 3.8) is 0 Å². The predicted octanol–water partition coefficient (Wildman–Crippen LogP) is 1.53. The summed E-state index contributed by atoms with van der Waals surface area (Å²) in [6.45, 7) is 0. The maximum Gasteiger partial charge on any atom is 0.191 e. The summed E-state index contributed by atoms with van der Waals surface area (Å²) in [6.07, 6.45) is 2.38. The highest BCUT2D eigenvalue weighted by atomic mass is 32.2. The Morgan fingerprint density at radius 3 is 3.13 bits per heavy atom. The summed E-state index contributed by atoms with van der Waals surface area (Å²) in [7, 11) is 0. The third-order valence-corrected chi connectivity index (χ3v) is 3.44. The van der Waals surface area contributed by atoms with Crippen molar-refractivity contribution in [2.75, 3.05) is 0 Å². The van der Waals surface area contributed by atoms with Crippen LogP contribution in [0.4, 0.5) is 0 Å². The van der Waals surface area contributed by atoms with Gasteiger partial charge in [0.05, 0.1) is 0 Å². The largest absolute Gasteiger partial charge is 0.301 e. The molecule has 3 rings (SSSR count). The first-order chi connectivity index (χ1) is 7.40. The lowest BCUT2D eigenvalue weighted by Gasteiger charge is -2.21. The van der Waals surface area contributed by atoms with E-state index in [-0.39, 0.29) is 6.04 Å². The van der Waals surface area contributed by atoms with Gasteiger partial charge in [-0.3, -0.25) is 0 Å². The fourth-order valence-corrected chi connectivity index (χ4v) is 2.69. The minimum absolute atomic E-state index is 0.333. The maximum atomic E-state index is 11.1. The number of carbonyl (C=O) groups excluding carboxylic acids is 1. The van der Waals surface area contributed by atoms with Crippen LogP contribution in [0.2, 0.25) is 0 Å². The van der Waals surface area contributed by atoms with Gasteiger partial charge in [-0.1, -0.05) is 18.2 Å². The molecule has 0 amide bonds. The van der Waals surface area contributed by atoms with E-state index in [0.717, 1.165) is 21.9 Å². The van der Waals surface area contributed by atoms with Crippen LogP contribution in [0.3, 0.4) is 0 Å². The molecule has 2 heterocycles. The summed E-state index contributed by atoms with van der Waals surface area (Å²) in [4.78, 5) is 16.3. The molecule has 1 aliphatic rings. The second-order valence-corrected chi connectivity index (χ2v) is 4.22. The quantitative estimate of drug-likeness (QED) is 0.680. The molecular formula is C10H7N3OS. The first kappa shape index (κ1) is 8.67. The molecule has 1 aromatic carbocycles. The van der Waals surface area contributed by atoms with Gasteiger partial charge in [0.1, 0.15) is 18.7 Å². The molecule has 2 aromatic rings. The fraction of sp³-hybridized carbons (Fsp3) is 0.100. The minimum Gasteiger partial charge on any atom is -0.301 e. The fourth-order valence-electron chi connectivity index (χ4n) is 1.68. The van der Waals surface area contributed by atoms with E-state index in [1.807, 2.05) is 24.3 Å². The van der Waals surface area contributed by atoms with Crippen LogP contribution < -0.4 is 0 Å². The number of benzene rings is 1. The van der Waals surface area contributed by atoms with Gasteiger partial charge in [-0.15, -0.1) is 0 Å². The van der Waals surface area contributed by atoms with Crippen LogP contribution in [0, 0.1) is 0 Å². The van der Waals surface area contributed by atoms with Crippen LogP contribution in [0.25, 0.3) is 0 Å². The smallest absolute Gasteiger partial charge is 0.191 e. The van der Waals surface area contributed by atoms with Crippen molar-refractivity contribution in [3.8, 4) is 0 Å². The molecule has 5 heteroatoms. The Kier molecular flexibility index (Phi) is 1.85. The normalized spacial score (nSPS) is 18.0. The first-order valence-electron chi connectivity index (χ1n) is 4.52. The molecule has 4 nitrogen and oxygen atoms in total. The molecule has 1 aromatic heterocycles. The average Bonchev–Trinajstić information content (AvgIpc) is 2.73. The molecule has 1 unspecified atom stereocenters. The van der Waals surface area contributed by atoms with Crippen LogP contribution >= 0.6 is 11.8 Å². The molecule has 0 bridgehead atoms. The predicted molar refractivity (Wildman–Crippen MR) is 54.8 cm³/mol. The number of fused-ring (bicyclic) bond motifs is 2. The van der Waals surface area contributed by atoms with E-state index in [1.165, 1.54) is 18.1 Å². The van der Waals surface area contributed by atoms with E-state index in [0.29, 0.717) is 0 Å². The average molecular weight is 217 g/mol. The minimum atomic E-state index is -0.333. The second-order valence-electron chi connectivity index (χ2n) is 3.21. The zero-order chi connectivity index (χ0) is 10.3. The Labute approximate surface area is 90.3 Å². The van der Waals surface area contributed by atoms with Crippen LogP contribution in [-0.4, -0.2) is 21.1 Å². The number of nitrogens with zero attached hydrogens (tertiary/aromatic N) is 3. The third-order valence-electron chi connectivity index (χ3n) is 2.37. The third kappa shape index (κ3) is 1.20. The summed E-state index contributed by atoms with van der Waals surface area (Å²) in [5.41, 5.74) is 0.996. The Balaban J connectivity index is 2.23. The molecule has 0 fully saturated rings. The number of carbonyl (C=O) groups is 1. The monoisotopic (exact) mass is 217 g/mol. The Hall–Kier alpha value is -1.62. The SMILES string of the molecule is O=CC1c2ccccc2Sc2ncnn21. The van der Waals surface area contributed by atoms with Gasteiger partial charge in [0.2, 0.25) is 0 Å². The van der Waals surface area contributed by atoms with Gasteiger partial charge in [0, 0.05) is 4.90 Å². The highest BCUT2D eigenvalue weighted by Crippen LogP contribution is 2.38. The molecule has 15 heavy (non-hydrogen) atoms. The van der Waals surface area contributed by atoms with Crippen molar-refractivity contribution >= 4 is 18.0 Å². The summed E-state index contributed by atoms with van der Waals surface area (Å²) < 4.78 is 1.65. The van der Waals surface area contributed by atoms with E-state index in [1.54, 1.807) is 4.68 Å². The zero-order valence-electron chi connectivity index (χ0n) is 7.70. The number of rotatable bonds is 1. The summed E-state index contributed by atoms with van der Waals surface area (Å²) in [5, 5.41) is 4.83. The standard InChI is InChI=1S/C10H7N3OS/c14-5-8-7-3-1-2-4-9(7)15-10-11-6-12-13(8)10/h1-6,8H. The molecule has 0 radical (unpaired) electrons. The summed E-state index contributed by atoms with van der Waals surface area (Å²) in [6, 6.07) is 7.50. The zero-order valence-corrected chi connectivity index (χ0v) is 8.52. The van der Waals surface area contributed by atoms with Gasteiger partial charge >= 0.3 is 0 Å². The number of hydrogen-bond donors (Lipinski definition) is 0. The van der Waals surface area contributed by atoms with Crippen molar-refractivity contribution < 1.29 is 4.79 Å². The highest BCUT2D eigenvalue weighted by molar-refractivity contribution is 7.99. The van der Waals surface area contributed by atoms with Gasteiger partial charge in [-0.25, -0.2) is 9.67 Å². The molecule has 1 aliphatic heterocycles. The Morgan fingerprint density at radius 2 is 2.27 bits per heavy atom. The van der Waals surface area contributed by atoms with Crippen molar-refractivity contribution in [1.82, 2.24) is 14.8 Å². The molecular weight excluding hydrogens is 210 g/mol. The van der Waals surface area contributed by atoms with Crippen LogP contribution in [0.15, 0.2) is 40.6 Å². The summed E-state index contributed by atoms with van der Waals surface area (Å²) in [5.74, 6) is 0. The number of aromatic nitrogens is 3. The van der Waals surface area contributed by atoms with Crippen LogP contribution in [0.5, 0.6) is 0 Å². The molecule has 1 atom stereocenters. The molecule has 74 valence electrons. The summed E-state index contributed by atoms with van der Waals surface area (Å²) >= 11 is 1.54. The van der Waals surface area contributed by atoms with Crippen molar-refractivity contribution in [1.29, 1.82) is 0 Å². The molecule has 0 saturated carbocycles. The molecule has 0 N–H and O–H groups in total. The van der Waals surface area contributed by atoms with Gasteiger partial charge < -0.3 is 4.79 Å². The van der Waals surface area contributed by atoms with Crippen LogP contribution in [-0.2, 0) is 4.79 Å². The van der Waals surface area contributed by atoms with E-state index in [4.69, 9.17) is 0 Å². The number of hydrogen-bond acceptors (Lipinski definition) is 4. The second kappa shape index (κ2) is 3.20. The number of aldehydes is 1. The van der Waals surface area contributed by atoms with E-state index in [2.05, 4.69) is 10.1 Å². The van der Waals surface area contributed by atoms with E-state index >= 15 is 0 Å².